The van der Waals surface area contributed by atoms with E-state index in [1.54, 1.807) is 19.1 Å². The number of rotatable bonds is 6. The summed E-state index contributed by atoms with van der Waals surface area (Å²) in [4.78, 5) is 0. The molecular formula is C18H24FNO3. The van der Waals surface area contributed by atoms with Crippen molar-refractivity contribution in [3.8, 4) is 5.75 Å². The highest BCUT2D eigenvalue weighted by Gasteiger charge is 2.28. The van der Waals surface area contributed by atoms with Crippen molar-refractivity contribution in [2.45, 2.75) is 39.3 Å². The summed E-state index contributed by atoms with van der Waals surface area (Å²) in [7, 11) is 1.44. The average Bonchev–Trinajstić information content (AvgIpc) is 2.85. The second kappa shape index (κ2) is 6.72. The Morgan fingerprint density at radius 2 is 2.04 bits per heavy atom. The van der Waals surface area contributed by atoms with Crippen molar-refractivity contribution in [3.63, 3.8) is 0 Å². The number of halogens is 1. The van der Waals surface area contributed by atoms with Gasteiger partial charge in [0, 0.05) is 18.2 Å². The summed E-state index contributed by atoms with van der Waals surface area (Å²) in [5.41, 5.74) is 0.603. The van der Waals surface area contributed by atoms with Crippen LogP contribution in [-0.4, -0.2) is 18.8 Å². The fourth-order valence-corrected chi connectivity index (χ4v) is 2.68. The molecule has 0 aliphatic heterocycles. The third-order valence-corrected chi connectivity index (χ3v) is 4.05. The lowest BCUT2D eigenvalue weighted by Gasteiger charge is -2.26. The van der Waals surface area contributed by atoms with Gasteiger partial charge in [-0.15, -0.1) is 0 Å². The molecule has 0 fully saturated rings. The smallest absolute Gasteiger partial charge is 0.165 e. The predicted octanol–water partition coefficient (Wildman–Crippen LogP) is 3.60. The van der Waals surface area contributed by atoms with Crippen molar-refractivity contribution in [2.75, 3.05) is 13.7 Å². The molecule has 2 rings (SSSR count). The summed E-state index contributed by atoms with van der Waals surface area (Å²) in [6.45, 7) is 7.73. The molecule has 2 unspecified atom stereocenters. The van der Waals surface area contributed by atoms with E-state index in [1.807, 2.05) is 26.8 Å². The third-order valence-electron chi connectivity index (χ3n) is 4.05. The Morgan fingerprint density at radius 3 is 2.61 bits per heavy atom. The molecule has 23 heavy (non-hydrogen) atoms. The molecule has 1 aromatic heterocycles. The van der Waals surface area contributed by atoms with E-state index in [0.29, 0.717) is 12.3 Å². The number of ether oxygens (including phenoxy) is 1. The highest BCUT2D eigenvalue weighted by atomic mass is 19.1. The van der Waals surface area contributed by atoms with Gasteiger partial charge in [0.15, 0.2) is 11.6 Å². The van der Waals surface area contributed by atoms with Gasteiger partial charge in [0.25, 0.3) is 0 Å². The maximum Gasteiger partial charge on any atom is 0.165 e. The molecule has 5 heteroatoms. The number of benzene rings is 1. The van der Waals surface area contributed by atoms with Crippen LogP contribution in [0.25, 0.3) is 0 Å². The molecular weight excluding hydrogens is 297 g/mol. The summed E-state index contributed by atoms with van der Waals surface area (Å²) in [6, 6.07) is 6.53. The van der Waals surface area contributed by atoms with E-state index in [2.05, 4.69) is 5.32 Å². The van der Waals surface area contributed by atoms with Crippen LogP contribution in [0, 0.1) is 19.7 Å². The number of aliphatic hydroxyl groups is 1. The van der Waals surface area contributed by atoms with Gasteiger partial charge < -0.3 is 19.6 Å². The number of furan rings is 1. The largest absolute Gasteiger partial charge is 0.494 e. The number of hydrogen-bond acceptors (Lipinski definition) is 4. The molecule has 0 saturated heterocycles. The second-order valence-electron chi connectivity index (χ2n) is 6.10. The predicted molar refractivity (Wildman–Crippen MR) is 87.1 cm³/mol. The number of methoxy groups -OCH3 is 1. The maximum absolute atomic E-state index is 13.5. The first-order chi connectivity index (χ1) is 10.7. The van der Waals surface area contributed by atoms with Crippen LogP contribution in [0.1, 0.15) is 42.5 Å². The van der Waals surface area contributed by atoms with Crippen molar-refractivity contribution in [2.24, 2.45) is 0 Å². The molecule has 0 spiro atoms. The van der Waals surface area contributed by atoms with E-state index < -0.39 is 5.60 Å². The highest BCUT2D eigenvalue weighted by molar-refractivity contribution is 5.32. The quantitative estimate of drug-likeness (QED) is 0.853. The van der Waals surface area contributed by atoms with Gasteiger partial charge in [-0.3, -0.25) is 0 Å². The van der Waals surface area contributed by atoms with Crippen LogP contribution in [0.5, 0.6) is 5.75 Å². The van der Waals surface area contributed by atoms with E-state index in [0.717, 1.165) is 16.9 Å². The van der Waals surface area contributed by atoms with Crippen LogP contribution in [0.4, 0.5) is 4.39 Å². The minimum atomic E-state index is -1.06. The third kappa shape index (κ3) is 3.92. The molecule has 0 amide bonds. The Labute approximate surface area is 136 Å². The van der Waals surface area contributed by atoms with E-state index in [-0.39, 0.29) is 17.6 Å². The normalized spacial score (nSPS) is 15.3. The van der Waals surface area contributed by atoms with Gasteiger partial charge in [-0.05, 0) is 51.5 Å². The summed E-state index contributed by atoms with van der Waals surface area (Å²) in [6.07, 6.45) is 0. The Hall–Kier alpha value is -1.85. The van der Waals surface area contributed by atoms with Crippen molar-refractivity contribution >= 4 is 0 Å². The van der Waals surface area contributed by atoms with Gasteiger partial charge in [-0.2, -0.15) is 0 Å². The first kappa shape index (κ1) is 17.5. The van der Waals surface area contributed by atoms with Gasteiger partial charge in [0.1, 0.15) is 17.1 Å². The molecule has 4 nitrogen and oxygen atoms in total. The van der Waals surface area contributed by atoms with Crippen molar-refractivity contribution < 1.29 is 18.7 Å². The average molecular weight is 321 g/mol. The SMILES string of the molecule is COc1cc(C(C)NCC(C)(O)c2cc(C)oc2C)ccc1F. The van der Waals surface area contributed by atoms with Gasteiger partial charge >= 0.3 is 0 Å². The number of nitrogens with one attached hydrogen (secondary N) is 1. The van der Waals surface area contributed by atoms with E-state index in [4.69, 9.17) is 9.15 Å². The maximum atomic E-state index is 13.5. The molecule has 2 N–H and O–H groups in total. The van der Waals surface area contributed by atoms with Crippen LogP contribution in [-0.2, 0) is 5.60 Å². The van der Waals surface area contributed by atoms with E-state index in [9.17, 15) is 9.50 Å². The molecule has 0 radical (unpaired) electrons. The van der Waals surface area contributed by atoms with E-state index >= 15 is 0 Å². The minimum absolute atomic E-state index is 0.0655. The molecule has 0 aliphatic rings. The molecule has 0 bridgehead atoms. The summed E-state index contributed by atoms with van der Waals surface area (Å²) >= 11 is 0. The zero-order chi connectivity index (χ0) is 17.2. The van der Waals surface area contributed by atoms with Crippen LogP contribution < -0.4 is 10.1 Å². The van der Waals surface area contributed by atoms with Crippen molar-refractivity contribution in [1.82, 2.24) is 5.32 Å². The molecule has 126 valence electrons. The van der Waals surface area contributed by atoms with Gasteiger partial charge in [-0.1, -0.05) is 6.07 Å². The van der Waals surface area contributed by atoms with Crippen LogP contribution in [0.3, 0.4) is 0 Å². The lowest BCUT2D eigenvalue weighted by Crippen LogP contribution is -2.36. The second-order valence-corrected chi connectivity index (χ2v) is 6.10. The molecule has 0 saturated carbocycles. The Bertz CT molecular complexity index is 679. The molecule has 1 heterocycles. The summed E-state index contributed by atoms with van der Waals surface area (Å²) in [5, 5.41) is 14.0. The van der Waals surface area contributed by atoms with Crippen molar-refractivity contribution in [3.05, 3.63) is 52.7 Å². The fraction of sp³-hybridized carbons (Fsp3) is 0.444. The standard InChI is InChI=1S/C18H24FNO3/c1-11-8-15(13(3)23-11)18(4,21)10-20-12(2)14-6-7-16(19)17(9-14)22-5/h6-9,12,20-21H,10H2,1-5H3. The zero-order valence-corrected chi connectivity index (χ0v) is 14.2. The molecule has 0 aliphatic carbocycles. The van der Waals surface area contributed by atoms with Crippen molar-refractivity contribution in [1.29, 1.82) is 0 Å². The Kier molecular flexibility index (Phi) is 5.12. The summed E-state index contributed by atoms with van der Waals surface area (Å²) in [5.74, 6) is 1.31. The van der Waals surface area contributed by atoms with Gasteiger partial charge in [0.05, 0.1) is 7.11 Å². The topological polar surface area (TPSA) is 54.6 Å². The first-order valence-corrected chi connectivity index (χ1v) is 7.61. The minimum Gasteiger partial charge on any atom is -0.494 e. The van der Waals surface area contributed by atoms with Crippen LogP contribution >= 0.6 is 0 Å². The zero-order valence-electron chi connectivity index (χ0n) is 14.2. The fourth-order valence-electron chi connectivity index (χ4n) is 2.68. The van der Waals surface area contributed by atoms with E-state index in [1.165, 1.54) is 13.2 Å². The monoisotopic (exact) mass is 321 g/mol. The van der Waals surface area contributed by atoms with Gasteiger partial charge in [-0.25, -0.2) is 4.39 Å². The molecule has 2 aromatic rings. The van der Waals surface area contributed by atoms with Gasteiger partial charge in [0.2, 0.25) is 0 Å². The Balaban J connectivity index is 2.09. The summed E-state index contributed by atoms with van der Waals surface area (Å²) < 4.78 is 24.0. The highest BCUT2D eigenvalue weighted by Crippen LogP contribution is 2.28. The van der Waals surface area contributed by atoms with Crippen LogP contribution in [0.2, 0.25) is 0 Å². The number of aryl methyl sites for hydroxylation is 2. The van der Waals surface area contributed by atoms with Crippen LogP contribution in [0.15, 0.2) is 28.7 Å². The lowest BCUT2D eigenvalue weighted by atomic mass is 9.95. The first-order valence-electron chi connectivity index (χ1n) is 7.61. The number of hydrogen-bond donors (Lipinski definition) is 2. The lowest BCUT2D eigenvalue weighted by molar-refractivity contribution is 0.0529. The molecule has 2 atom stereocenters. The Morgan fingerprint density at radius 1 is 1.35 bits per heavy atom. The molecule has 1 aromatic carbocycles.